The monoisotopic (exact) mass is 753 g/mol. The summed E-state index contributed by atoms with van der Waals surface area (Å²) < 4.78 is 13.2. The highest BCUT2D eigenvalue weighted by Gasteiger charge is 2.24. The van der Waals surface area contributed by atoms with Crippen LogP contribution in [0.5, 0.6) is 11.5 Å². The van der Waals surface area contributed by atoms with Gasteiger partial charge in [-0.15, -0.1) is 0 Å². The molecule has 0 aliphatic carbocycles. The second kappa shape index (κ2) is 13.4. The Hall–Kier alpha value is -5.75. The summed E-state index contributed by atoms with van der Waals surface area (Å²) in [6.45, 7) is 27.1. The summed E-state index contributed by atoms with van der Waals surface area (Å²) in [6, 6.07) is 34.9. The number of para-hydroxylation sites is 2. The van der Waals surface area contributed by atoms with Crippen molar-refractivity contribution in [1.29, 1.82) is 0 Å². The molecule has 57 heavy (non-hydrogen) atoms. The minimum atomic E-state index is -0.0210. The zero-order chi connectivity index (χ0) is 40.7. The summed E-state index contributed by atoms with van der Waals surface area (Å²) in [4.78, 5) is 9.61. The molecule has 6 heteroatoms. The molecule has 0 fully saturated rings. The fourth-order valence-electron chi connectivity index (χ4n) is 7.55. The van der Waals surface area contributed by atoms with Gasteiger partial charge in [0, 0.05) is 29.2 Å². The molecule has 0 N–H and O–H groups in total. The first-order chi connectivity index (χ1) is 26.8. The maximum Gasteiger partial charge on any atom is 0.269 e. The minimum Gasteiger partial charge on any atom is -0.456 e. The Kier molecular flexibility index (Phi) is 8.99. The summed E-state index contributed by atoms with van der Waals surface area (Å²) in [6.07, 6.45) is 9.26. The molecule has 0 atom stereocenters. The fraction of sp³-hybridized carbons (Fsp3) is 0.314. The van der Waals surface area contributed by atoms with Crippen LogP contribution in [0.2, 0.25) is 0 Å². The van der Waals surface area contributed by atoms with Crippen molar-refractivity contribution in [2.75, 3.05) is 0 Å². The molecular weight excluding hydrogens is 699 g/mol. The maximum absolute atomic E-state index is 6.67. The molecule has 0 saturated carbocycles. The molecule has 4 aromatic heterocycles. The minimum absolute atomic E-state index is 0.00395. The first kappa shape index (κ1) is 38.1. The van der Waals surface area contributed by atoms with Gasteiger partial charge in [-0.1, -0.05) is 126 Å². The van der Waals surface area contributed by atoms with E-state index in [1.54, 1.807) is 6.20 Å². The number of benzene rings is 4. The molecule has 0 bridgehead atoms. The number of imidazole rings is 1. The van der Waals surface area contributed by atoms with Crippen molar-refractivity contribution in [2.24, 2.45) is 0 Å². The number of aromatic nitrogens is 5. The average Bonchev–Trinajstić information content (AvgIpc) is 3.69. The van der Waals surface area contributed by atoms with E-state index in [1.165, 1.54) is 27.6 Å². The van der Waals surface area contributed by atoms with Crippen molar-refractivity contribution in [3.8, 4) is 28.7 Å². The highest BCUT2D eigenvalue weighted by atomic mass is 16.5. The van der Waals surface area contributed by atoms with Crippen LogP contribution in [0.3, 0.4) is 0 Å². The van der Waals surface area contributed by atoms with E-state index in [9.17, 15) is 0 Å². The molecule has 6 nitrogen and oxygen atoms in total. The summed E-state index contributed by atoms with van der Waals surface area (Å²) in [5, 5.41) is 2.33. The van der Waals surface area contributed by atoms with Gasteiger partial charge in [-0.05, 0) is 92.4 Å². The standard InChI is InChI=1S/C51H55N5O/c1-48(2,3)33-17-19-41-42-20-18-39(29-46(42)56(45(41)26-33)47-27-34(21-22-53-47)49(4,5)6)57-40-28-38(30-52-31-40)55-32-54(43-15-13-14-16-44(43)55)37-24-35(50(7,8)9)23-36(25-37)51(10,11)12/h13-31H,1-12H3. The van der Waals surface area contributed by atoms with Crippen molar-refractivity contribution >= 4 is 32.8 Å². The van der Waals surface area contributed by atoms with Crippen molar-refractivity contribution in [2.45, 2.75) is 105 Å². The lowest BCUT2D eigenvalue weighted by Crippen LogP contribution is -2.31. The average molecular weight is 754 g/mol. The molecule has 0 radical (unpaired) electrons. The molecule has 0 aliphatic heterocycles. The predicted molar refractivity (Wildman–Crippen MR) is 235 cm³/mol. The third-order valence-corrected chi connectivity index (χ3v) is 11.1. The van der Waals surface area contributed by atoms with E-state index in [-0.39, 0.29) is 21.7 Å². The first-order valence-corrected chi connectivity index (χ1v) is 20.1. The van der Waals surface area contributed by atoms with E-state index in [0.29, 0.717) is 5.75 Å². The van der Waals surface area contributed by atoms with Gasteiger partial charge in [-0.3, -0.25) is 18.7 Å². The summed E-state index contributed by atoms with van der Waals surface area (Å²) in [5.74, 6) is 2.25. The van der Waals surface area contributed by atoms with Gasteiger partial charge in [0.1, 0.15) is 17.3 Å². The Morgan fingerprint density at radius 3 is 1.82 bits per heavy atom. The third-order valence-electron chi connectivity index (χ3n) is 11.1. The van der Waals surface area contributed by atoms with Gasteiger partial charge in [0.15, 0.2) is 0 Å². The number of hydrogen-bond acceptors (Lipinski definition) is 3. The largest absolute Gasteiger partial charge is 0.456 e. The van der Waals surface area contributed by atoms with Gasteiger partial charge in [0.05, 0.1) is 39.6 Å². The molecule has 290 valence electrons. The van der Waals surface area contributed by atoms with Gasteiger partial charge in [0.2, 0.25) is 0 Å². The highest BCUT2D eigenvalue weighted by molar-refractivity contribution is 6.09. The second-order valence-corrected chi connectivity index (χ2v) is 19.7. The summed E-state index contributed by atoms with van der Waals surface area (Å²) in [5.41, 5.74) is 11.3. The zero-order valence-electron chi connectivity index (χ0n) is 35.6. The normalized spacial score (nSPS) is 12.9. The molecule has 0 saturated heterocycles. The topological polar surface area (TPSA) is 48.8 Å². The number of rotatable bonds is 5. The van der Waals surface area contributed by atoms with Crippen LogP contribution >= 0.6 is 0 Å². The predicted octanol–water partition coefficient (Wildman–Crippen LogP) is 12.6. The lowest BCUT2D eigenvalue weighted by molar-refractivity contribution is -0.572. The van der Waals surface area contributed by atoms with Crippen molar-refractivity contribution in [3.05, 3.63) is 144 Å². The van der Waals surface area contributed by atoms with Gasteiger partial charge < -0.3 is 4.74 Å². The van der Waals surface area contributed by atoms with Gasteiger partial charge in [-0.25, -0.2) is 4.98 Å². The number of hydrogen-bond donors (Lipinski definition) is 0. The number of ether oxygens (including phenoxy) is 1. The Bertz CT molecular complexity index is 2780. The lowest BCUT2D eigenvalue weighted by atomic mass is 9.80. The van der Waals surface area contributed by atoms with Crippen LogP contribution in [0.15, 0.2) is 116 Å². The second-order valence-electron chi connectivity index (χ2n) is 19.7. The quantitative estimate of drug-likeness (QED) is 0.130. The van der Waals surface area contributed by atoms with Crippen LogP contribution in [0.4, 0.5) is 0 Å². The van der Waals surface area contributed by atoms with Crippen LogP contribution in [-0.4, -0.2) is 19.1 Å². The first-order valence-electron chi connectivity index (χ1n) is 20.1. The molecule has 8 rings (SSSR count). The van der Waals surface area contributed by atoms with Crippen molar-refractivity contribution in [1.82, 2.24) is 19.1 Å². The van der Waals surface area contributed by atoms with E-state index in [2.05, 4.69) is 199 Å². The van der Waals surface area contributed by atoms with Gasteiger partial charge in [0.25, 0.3) is 6.33 Å². The van der Waals surface area contributed by atoms with Gasteiger partial charge >= 0.3 is 0 Å². The molecule has 4 aromatic carbocycles. The van der Waals surface area contributed by atoms with E-state index in [1.807, 2.05) is 18.5 Å². The molecular formula is C51H55N5O. The van der Waals surface area contributed by atoms with Crippen LogP contribution in [0.1, 0.15) is 105 Å². The van der Waals surface area contributed by atoms with E-state index < -0.39 is 0 Å². The third kappa shape index (κ3) is 7.22. The van der Waals surface area contributed by atoms with Gasteiger partial charge in [-0.2, -0.15) is 0 Å². The van der Waals surface area contributed by atoms with E-state index >= 15 is 0 Å². The Morgan fingerprint density at radius 1 is 0.544 bits per heavy atom. The number of nitrogens with zero attached hydrogens (tertiary/aromatic N) is 5. The van der Waals surface area contributed by atoms with Crippen molar-refractivity contribution in [3.63, 3.8) is 0 Å². The fourth-order valence-corrected chi connectivity index (χ4v) is 7.55. The highest BCUT2D eigenvalue weighted by Crippen LogP contribution is 2.38. The smallest absolute Gasteiger partial charge is 0.269 e. The molecule has 0 amide bonds. The maximum atomic E-state index is 6.67. The zero-order valence-corrected chi connectivity index (χ0v) is 35.6. The van der Waals surface area contributed by atoms with Crippen molar-refractivity contribution < 1.29 is 9.30 Å². The molecule has 8 aromatic rings. The number of pyridine rings is 2. The molecule has 4 heterocycles. The summed E-state index contributed by atoms with van der Waals surface area (Å²) in [7, 11) is 0. The lowest BCUT2D eigenvalue weighted by Gasteiger charge is -2.26. The van der Waals surface area contributed by atoms with Crippen LogP contribution < -0.4 is 9.30 Å². The Morgan fingerprint density at radius 2 is 1.16 bits per heavy atom. The van der Waals surface area contributed by atoms with E-state index in [0.717, 1.165) is 50.4 Å². The molecule has 0 unspecified atom stereocenters. The molecule has 0 aliphatic rings. The van der Waals surface area contributed by atoms with Crippen LogP contribution in [0, 0.1) is 6.33 Å². The van der Waals surface area contributed by atoms with Crippen LogP contribution in [0.25, 0.3) is 50.0 Å². The molecule has 0 spiro atoms. The SMILES string of the molecule is CC(C)(C)c1cc(-[n+]2[c-]n(-c3cncc(Oc4ccc5c6ccc(C(C)(C)C)cc6n(-c6cc(C(C)(C)C)ccn6)c5c4)c3)c3ccccc32)cc(C(C)(C)C)c1. The summed E-state index contributed by atoms with van der Waals surface area (Å²) >= 11 is 0. The Balaban J connectivity index is 1.23. The Labute approximate surface area is 337 Å². The number of fused-ring (bicyclic) bond motifs is 4. The van der Waals surface area contributed by atoms with E-state index in [4.69, 9.17) is 9.72 Å². The van der Waals surface area contributed by atoms with Crippen LogP contribution in [-0.2, 0) is 21.7 Å².